The zero-order valence-corrected chi connectivity index (χ0v) is 43.7. The summed E-state index contributed by atoms with van der Waals surface area (Å²) >= 11 is 1.52. The van der Waals surface area contributed by atoms with Crippen molar-refractivity contribution >= 4 is 51.4 Å². The Morgan fingerprint density at radius 1 is 0.700 bits per heavy atom. The number of nitrogens with one attached hydrogen (secondary N) is 1. The van der Waals surface area contributed by atoms with Crippen molar-refractivity contribution in [1.29, 1.82) is 5.26 Å². The summed E-state index contributed by atoms with van der Waals surface area (Å²) in [5, 5.41) is 25.0. The van der Waals surface area contributed by atoms with Gasteiger partial charge in [-0.3, -0.25) is 0 Å². The molecular weight excluding hydrogens is 932 g/mol. The van der Waals surface area contributed by atoms with E-state index >= 15 is 0 Å². The Labute approximate surface area is 426 Å². The van der Waals surface area contributed by atoms with Crippen LogP contribution in [0.4, 0.5) is 0 Å². The monoisotopic (exact) mass is 981 g/mol. The van der Waals surface area contributed by atoms with Crippen molar-refractivity contribution in [2.24, 2.45) is 4.99 Å². The number of nitriles is 1. The molecular formula is C61H51N5O2SZn. The maximum absolute atomic E-state index is 11.9. The van der Waals surface area contributed by atoms with Gasteiger partial charge in [0.05, 0.1) is 17.5 Å². The van der Waals surface area contributed by atoms with Crippen LogP contribution in [0.25, 0.3) is 38.8 Å². The molecule has 0 spiro atoms. The number of carboxylic acid groups (broad SMARTS) is 1. The second-order valence-corrected chi connectivity index (χ2v) is 19.1. The van der Waals surface area contributed by atoms with Gasteiger partial charge in [-0.2, -0.15) is 5.26 Å². The summed E-state index contributed by atoms with van der Waals surface area (Å²) in [6.07, 6.45) is 15.3. The molecule has 0 radical (unpaired) electrons. The zero-order valence-electron chi connectivity index (χ0n) is 39.9. The fraction of sp³-hybridized carbons (Fsp3) is 0.164. The van der Waals surface area contributed by atoms with Crippen LogP contribution in [0, 0.1) is 32.1 Å². The van der Waals surface area contributed by atoms with Crippen LogP contribution in [-0.4, -0.2) is 22.8 Å². The summed E-state index contributed by atoms with van der Waals surface area (Å²) in [6, 6.07) is 46.7. The third kappa shape index (κ3) is 9.76. The number of aromatic nitrogens is 2. The van der Waals surface area contributed by atoms with Crippen molar-refractivity contribution in [1.82, 2.24) is 15.3 Å². The Balaban J connectivity index is 0.00000608. The molecule has 3 aliphatic heterocycles. The van der Waals surface area contributed by atoms with Crippen LogP contribution in [0.2, 0.25) is 0 Å². The third-order valence-corrected chi connectivity index (χ3v) is 14.3. The minimum Gasteiger partial charge on any atom is -0.657 e. The fourth-order valence-corrected chi connectivity index (χ4v) is 10.5. The van der Waals surface area contributed by atoms with Gasteiger partial charge in [-0.15, -0.1) is 33.4 Å². The van der Waals surface area contributed by atoms with Gasteiger partial charge >= 0.3 is 25.4 Å². The van der Waals surface area contributed by atoms with Crippen molar-refractivity contribution in [2.75, 3.05) is 0 Å². The molecule has 9 heteroatoms. The number of carboxylic acids is 1. The molecule has 3 aliphatic rings. The first-order chi connectivity index (χ1) is 33.6. The van der Waals surface area contributed by atoms with Gasteiger partial charge in [0.2, 0.25) is 0 Å². The van der Waals surface area contributed by atoms with E-state index in [-0.39, 0.29) is 31.1 Å². The van der Waals surface area contributed by atoms with Crippen LogP contribution in [0.5, 0.6) is 0 Å². The average Bonchev–Trinajstić information content (AvgIpc) is 4.23. The molecule has 7 nitrogen and oxygen atoms in total. The number of rotatable bonds is 12. The number of thiophene rings is 1. The molecule has 1 unspecified atom stereocenters. The summed E-state index contributed by atoms with van der Waals surface area (Å²) in [6.45, 7) is 8.50. The number of benzene rings is 4. The summed E-state index contributed by atoms with van der Waals surface area (Å²) < 4.78 is 0. The van der Waals surface area contributed by atoms with E-state index in [0.29, 0.717) is 0 Å². The molecule has 70 heavy (non-hydrogen) atoms. The van der Waals surface area contributed by atoms with Crippen molar-refractivity contribution in [3.8, 4) is 16.5 Å². The van der Waals surface area contributed by atoms with E-state index in [1.165, 1.54) is 34.1 Å². The molecule has 3 aromatic heterocycles. The molecule has 7 aromatic rings. The van der Waals surface area contributed by atoms with Gasteiger partial charge < -0.3 is 20.4 Å². The first-order valence-electron chi connectivity index (χ1n) is 23.7. The van der Waals surface area contributed by atoms with Gasteiger partial charge in [0.15, 0.2) is 0 Å². The predicted octanol–water partition coefficient (Wildman–Crippen LogP) is 11.5. The largest absolute Gasteiger partial charge is 2.00 e. The fourth-order valence-electron chi connectivity index (χ4n) is 9.39. The second-order valence-electron chi connectivity index (χ2n) is 18.0. The number of aliphatic carboxylic acids is 1. The van der Waals surface area contributed by atoms with E-state index < -0.39 is 5.97 Å². The van der Waals surface area contributed by atoms with Crippen molar-refractivity contribution in [2.45, 2.75) is 65.8 Å². The Morgan fingerprint density at radius 2 is 1.29 bits per heavy atom. The molecule has 0 fully saturated rings. The molecule has 8 bridgehead atoms. The van der Waals surface area contributed by atoms with Crippen LogP contribution in [-0.2, 0) is 30.7 Å². The van der Waals surface area contributed by atoms with E-state index in [1.807, 2.05) is 6.07 Å². The minimum atomic E-state index is -1.22. The number of hydrogen-bond donors (Lipinski definition) is 2. The summed E-state index contributed by atoms with van der Waals surface area (Å²) in [7, 11) is 0. The second kappa shape index (κ2) is 20.7. The molecule has 4 aromatic carbocycles. The van der Waals surface area contributed by atoms with Gasteiger partial charge in [0.25, 0.3) is 0 Å². The van der Waals surface area contributed by atoms with Gasteiger partial charge in [0.1, 0.15) is 11.6 Å². The Kier molecular flexibility index (Phi) is 14.1. The van der Waals surface area contributed by atoms with Gasteiger partial charge in [-0.1, -0.05) is 170 Å². The van der Waals surface area contributed by atoms with E-state index in [0.717, 1.165) is 137 Å². The van der Waals surface area contributed by atoms with Crippen LogP contribution in [0.1, 0.15) is 93.4 Å². The van der Waals surface area contributed by atoms with E-state index in [4.69, 9.17) is 15.0 Å². The maximum Gasteiger partial charge on any atom is 2.00 e. The molecule has 0 saturated carbocycles. The molecule has 0 saturated heterocycles. The Hall–Kier alpha value is -7.37. The molecule has 340 valence electrons. The van der Waals surface area contributed by atoms with Crippen LogP contribution in [0.15, 0.2) is 174 Å². The zero-order chi connectivity index (χ0) is 47.6. The predicted molar refractivity (Wildman–Crippen MR) is 281 cm³/mol. The minimum absolute atomic E-state index is 0. The Bertz CT molecular complexity index is 3490. The van der Waals surface area contributed by atoms with E-state index in [9.17, 15) is 15.2 Å². The van der Waals surface area contributed by atoms with E-state index in [2.05, 4.69) is 185 Å². The number of unbranched alkanes of at least 4 members (excludes halogenated alkanes) is 3. The van der Waals surface area contributed by atoms with E-state index in [1.54, 1.807) is 0 Å². The first kappa shape index (κ1) is 47.7. The molecule has 1 atom stereocenters. The normalized spacial score (nSPS) is 18.9. The van der Waals surface area contributed by atoms with Crippen LogP contribution < -0.4 is 26.0 Å². The van der Waals surface area contributed by atoms with Crippen LogP contribution >= 0.6 is 11.3 Å². The number of aliphatic imine (C=N–C) groups is 1. The summed E-state index contributed by atoms with van der Waals surface area (Å²) in [5.41, 5.74) is 17.7. The molecule has 0 aliphatic carbocycles. The standard InChI is InChI=1S/C61H52N5O2S.Zn/c1-5-6-7-8-9-45-34-55(69-56(45)35-46(36-62)61(67)68)40-22-24-44(25-23-40)60-53-32-30-51(65-53)58(42-18-12-38(3)13-19-42)49-28-26-47(63-49)57(41-16-10-37(2)11-17-41)48-27-29-50(64-48)59(52-31-33-54(60)66-52)43-20-14-39(4)15-21-43;/h10-35,51H,5-9H2,1-4H3,(H3-,63,64,65,66,67,68);/q-1;+2/p-1/b46-35+,58-49-;. The van der Waals surface area contributed by atoms with Gasteiger partial charge in [-0.25, -0.2) is 9.79 Å². The molecule has 2 N–H and O–H groups in total. The molecule has 10 rings (SSSR count). The quantitative estimate of drug-likeness (QED) is 0.0546. The van der Waals surface area contributed by atoms with Crippen molar-refractivity contribution < 1.29 is 29.4 Å². The smallest absolute Gasteiger partial charge is 0.657 e. The Morgan fingerprint density at radius 3 is 1.93 bits per heavy atom. The first-order valence-corrected chi connectivity index (χ1v) is 24.5. The number of allylic oxidation sites excluding steroid dienone is 3. The SMILES string of the molecule is CCCCCCc1cc(-c2ccc(/C3=C4\C=CC(N4)/C(c4ccc(C)cc4)=c4/cc/c([n-]4)=C(\c4ccc(C)cc4)C4=N/C(=C(/c5ccc(C)cc5)c5ccc3[n-]5)C=C4)cc2)sc1/C=C(\C#N)C(=O)O.[Zn+2]. The number of hydrogen-bond acceptors (Lipinski definition) is 5. The number of aryl methyl sites for hydroxylation is 4. The summed E-state index contributed by atoms with van der Waals surface area (Å²) in [4.78, 5) is 30.1. The van der Waals surface area contributed by atoms with Crippen molar-refractivity contribution in [3.05, 3.63) is 240 Å². The average molecular weight is 984 g/mol. The molecule has 0 amide bonds. The summed E-state index contributed by atoms with van der Waals surface area (Å²) in [5.74, 6) is -1.22. The van der Waals surface area contributed by atoms with Crippen LogP contribution in [0.3, 0.4) is 0 Å². The van der Waals surface area contributed by atoms with Gasteiger partial charge in [-0.05, 0) is 120 Å². The third-order valence-electron chi connectivity index (χ3n) is 13.1. The topological polar surface area (TPSA) is 114 Å². The van der Waals surface area contributed by atoms with Gasteiger partial charge in [0, 0.05) is 15.5 Å². The number of fused-ring (bicyclic) bond motifs is 7. The van der Waals surface area contributed by atoms with Crippen molar-refractivity contribution in [3.63, 3.8) is 0 Å². The number of nitrogens with zero attached hydrogens (tertiary/aromatic N) is 4. The number of carbonyl (C=O) groups is 1. The maximum atomic E-state index is 11.9. The molecule has 6 heterocycles.